The van der Waals surface area contributed by atoms with Gasteiger partial charge in [0.15, 0.2) is 0 Å². The molecule has 3 nitrogen and oxygen atoms in total. The van der Waals surface area contributed by atoms with E-state index in [4.69, 9.17) is 5.73 Å². The predicted octanol–water partition coefficient (Wildman–Crippen LogP) is 2.24. The summed E-state index contributed by atoms with van der Waals surface area (Å²) in [6.07, 6.45) is 1.16. The quantitative estimate of drug-likeness (QED) is 0.886. The zero-order chi connectivity index (χ0) is 14.0. The van der Waals surface area contributed by atoms with Crippen molar-refractivity contribution in [2.75, 3.05) is 31.6 Å². The predicted molar refractivity (Wildman–Crippen MR) is 82.7 cm³/mol. The number of nitrogens with zero attached hydrogens (tertiary/aromatic N) is 2. The smallest absolute Gasteiger partial charge is 0.0544 e. The maximum atomic E-state index is 6.05. The van der Waals surface area contributed by atoms with E-state index >= 15 is 0 Å². The van der Waals surface area contributed by atoms with E-state index in [-0.39, 0.29) is 5.54 Å². The minimum atomic E-state index is 0.143. The lowest BCUT2D eigenvalue weighted by Gasteiger charge is -2.43. The molecule has 1 aliphatic rings. The van der Waals surface area contributed by atoms with Crippen LogP contribution in [0.15, 0.2) is 24.3 Å². The van der Waals surface area contributed by atoms with Gasteiger partial charge in [-0.25, -0.2) is 0 Å². The Morgan fingerprint density at radius 2 is 1.89 bits per heavy atom. The Morgan fingerprint density at radius 1 is 1.26 bits per heavy atom. The topological polar surface area (TPSA) is 32.5 Å². The number of aryl methyl sites for hydroxylation is 1. The van der Waals surface area contributed by atoms with Crippen molar-refractivity contribution in [3.63, 3.8) is 0 Å². The fourth-order valence-corrected chi connectivity index (χ4v) is 3.06. The minimum absolute atomic E-state index is 0.143. The first-order valence-corrected chi connectivity index (χ1v) is 7.18. The summed E-state index contributed by atoms with van der Waals surface area (Å²) in [5, 5.41) is 0. The van der Waals surface area contributed by atoms with Gasteiger partial charge in [0.2, 0.25) is 0 Å². The number of hydrogen-bond acceptors (Lipinski definition) is 3. The van der Waals surface area contributed by atoms with Gasteiger partial charge in [-0.3, -0.25) is 0 Å². The largest absolute Gasteiger partial charge is 0.361 e. The first-order valence-electron chi connectivity index (χ1n) is 7.18. The second kappa shape index (κ2) is 5.51. The van der Waals surface area contributed by atoms with Gasteiger partial charge in [0.1, 0.15) is 0 Å². The molecule has 1 unspecified atom stereocenters. The molecule has 2 N–H and O–H groups in total. The van der Waals surface area contributed by atoms with E-state index in [1.807, 2.05) is 0 Å². The van der Waals surface area contributed by atoms with Crippen molar-refractivity contribution >= 4 is 5.69 Å². The molecule has 0 saturated carbocycles. The fourth-order valence-electron chi connectivity index (χ4n) is 3.06. The maximum Gasteiger partial charge on any atom is 0.0544 e. The molecule has 1 fully saturated rings. The minimum Gasteiger partial charge on any atom is -0.361 e. The normalized spacial score (nSPS) is 24.3. The Hall–Kier alpha value is -1.06. The van der Waals surface area contributed by atoms with Crippen molar-refractivity contribution < 1.29 is 0 Å². The Kier molecular flexibility index (Phi) is 4.16. The van der Waals surface area contributed by atoms with Crippen LogP contribution in [0.25, 0.3) is 0 Å². The second-order valence-electron chi connectivity index (χ2n) is 6.42. The van der Waals surface area contributed by atoms with Gasteiger partial charge < -0.3 is 15.5 Å². The molecule has 0 aromatic heterocycles. The highest BCUT2D eigenvalue weighted by Crippen LogP contribution is 2.31. The number of anilines is 1. The van der Waals surface area contributed by atoms with Gasteiger partial charge in [0, 0.05) is 30.9 Å². The molecule has 1 aromatic rings. The van der Waals surface area contributed by atoms with Crippen LogP contribution in [0.2, 0.25) is 0 Å². The summed E-state index contributed by atoms with van der Waals surface area (Å²) in [5.41, 5.74) is 8.78. The van der Waals surface area contributed by atoms with Crippen LogP contribution in [0.3, 0.4) is 0 Å². The highest BCUT2D eigenvalue weighted by atomic mass is 15.3. The molecular formula is C16H27N3. The summed E-state index contributed by atoms with van der Waals surface area (Å²) in [6.45, 7) is 9.65. The summed E-state index contributed by atoms with van der Waals surface area (Å²) in [4.78, 5) is 4.92. The number of nitrogens with two attached hydrogens (primary N) is 1. The van der Waals surface area contributed by atoms with Gasteiger partial charge in [0.05, 0.1) is 6.04 Å². The number of benzene rings is 1. The number of rotatable bonds is 2. The van der Waals surface area contributed by atoms with Crippen molar-refractivity contribution in [1.29, 1.82) is 0 Å². The lowest BCUT2D eigenvalue weighted by atomic mass is 9.95. The average molecular weight is 261 g/mol. The van der Waals surface area contributed by atoms with E-state index in [0.717, 1.165) is 19.5 Å². The van der Waals surface area contributed by atoms with Gasteiger partial charge in [-0.1, -0.05) is 17.7 Å². The van der Waals surface area contributed by atoms with Gasteiger partial charge >= 0.3 is 0 Å². The standard InChI is InChI=1S/C16H27N3/c1-13-5-7-14(8-6-13)19-15(11-17)12-18(4)10-9-16(19,2)3/h5-8,15H,9-12,17H2,1-4H3. The fraction of sp³-hybridized carbons (Fsp3) is 0.625. The van der Waals surface area contributed by atoms with E-state index in [1.54, 1.807) is 0 Å². The molecule has 1 heterocycles. The summed E-state index contributed by atoms with van der Waals surface area (Å²) in [7, 11) is 2.19. The van der Waals surface area contributed by atoms with Crippen LogP contribution < -0.4 is 10.6 Å². The second-order valence-corrected chi connectivity index (χ2v) is 6.42. The van der Waals surface area contributed by atoms with Crippen molar-refractivity contribution in [3.8, 4) is 0 Å². The Morgan fingerprint density at radius 3 is 2.47 bits per heavy atom. The highest BCUT2D eigenvalue weighted by molar-refractivity contribution is 5.51. The monoisotopic (exact) mass is 261 g/mol. The third-order valence-corrected chi connectivity index (χ3v) is 4.23. The SMILES string of the molecule is Cc1ccc(N2C(CN)CN(C)CCC2(C)C)cc1. The van der Waals surface area contributed by atoms with Crippen molar-refractivity contribution in [1.82, 2.24) is 4.90 Å². The van der Waals surface area contributed by atoms with Crippen LogP contribution in [-0.4, -0.2) is 43.2 Å². The molecule has 0 aliphatic carbocycles. The maximum absolute atomic E-state index is 6.05. The van der Waals surface area contributed by atoms with E-state index in [0.29, 0.717) is 12.6 Å². The third kappa shape index (κ3) is 3.10. The molecule has 1 aliphatic heterocycles. The molecular weight excluding hydrogens is 234 g/mol. The number of hydrogen-bond donors (Lipinski definition) is 1. The van der Waals surface area contributed by atoms with E-state index < -0.39 is 0 Å². The third-order valence-electron chi connectivity index (χ3n) is 4.23. The molecule has 0 amide bonds. The van der Waals surface area contributed by atoms with Crippen molar-refractivity contribution in [3.05, 3.63) is 29.8 Å². The van der Waals surface area contributed by atoms with Crippen LogP contribution in [-0.2, 0) is 0 Å². The van der Waals surface area contributed by atoms with Crippen molar-refractivity contribution in [2.24, 2.45) is 5.73 Å². The average Bonchev–Trinajstić information content (AvgIpc) is 2.48. The summed E-state index contributed by atoms with van der Waals surface area (Å²) < 4.78 is 0. The van der Waals surface area contributed by atoms with Crippen molar-refractivity contribution in [2.45, 2.75) is 38.8 Å². The molecule has 0 bridgehead atoms. The van der Waals surface area contributed by atoms with Gasteiger partial charge in [0.25, 0.3) is 0 Å². The summed E-state index contributed by atoms with van der Waals surface area (Å²) in [6, 6.07) is 9.21. The highest BCUT2D eigenvalue weighted by Gasteiger charge is 2.35. The first kappa shape index (κ1) is 14.4. The van der Waals surface area contributed by atoms with Crippen LogP contribution >= 0.6 is 0 Å². The summed E-state index contributed by atoms with van der Waals surface area (Å²) >= 11 is 0. The Balaban J connectivity index is 2.38. The van der Waals surface area contributed by atoms with E-state index in [1.165, 1.54) is 11.3 Å². The molecule has 0 spiro atoms. The van der Waals surface area contributed by atoms with Gasteiger partial charge in [-0.15, -0.1) is 0 Å². The van der Waals surface area contributed by atoms with Crippen LogP contribution in [0.4, 0.5) is 5.69 Å². The Labute approximate surface area is 117 Å². The lowest BCUT2D eigenvalue weighted by Crippen LogP contribution is -2.54. The summed E-state index contributed by atoms with van der Waals surface area (Å²) in [5.74, 6) is 0. The first-order chi connectivity index (χ1) is 8.94. The Bertz CT molecular complexity index is 411. The van der Waals surface area contributed by atoms with Crippen LogP contribution in [0, 0.1) is 6.92 Å². The van der Waals surface area contributed by atoms with Gasteiger partial charge in [-0.2, -0.15) is 0 Å². The molecule has 106 valence electrons. The molecule has 1 aromatic carbocycles. The zero-order valence-electron chi connectivity index (χ0n) is 12.7. The van der Waals surface area contributed by atoms with E-state index in [2.05, 4.69) is 61.9 Å². The molecule has 2 rings (SSSR count). The molecule has 19 heavy (non-hydrogen) atoms. The molecule has 3 heteroatoms. The zero-order valence-corrected chi connectivity index (χ0v) is 12.7. The van der Waals surface area contributed by atoms with Crippen LogP contribution in [0.5, 0.6) is 0 Å². The number of likely N-dealkylation sites (N-methyl/N-ethyl adjacent to an activating group) is 1. The van der Waals surface area contributed by atoms with E-state index in [9.17, 15) is 0 Å². The lowest BCUT2D eigenvalue weighted by molar-refractivity contribution is 0.329. The van der Waals surface area contributed by atoms with Gasteiger partial charge in [-0.05, 0) is 46.4 Å². The molecule has 1 atom stereocenters. The molecule has 0 radical (unpaired) electrons. The molecule has 1 saturated heterocycles. The van der Waals surface area contributed by atoms with Crippen LogP contribution in [0.1, 0.15) is 25.8 Å².